The molecule has 6 heteroatoms. The maximum absolute atomic E-state index is 12.7. The largest absolute Gasteiger partial charge is 0.511 e. The Kier molecular flexibility index (Phi) is 11.1. The van der Waals surface area contributed by atoms with Crippen LogP contribution in [0, 0.1) is 10.8 Å². The van der Waals surface area contributed by atoms with Gasteiger partial charge in [-0.15, -0.1) is 0 Å². The van der Waals surface area contributed by atoms with E-state index in [4.69, 9.17) is 9.98 Å². The van der Waals surface area contributed by atoms with E-state index in [9.17, 15) is 19.8 Å². The van der Waals surface area contributed by atoms with Gasteiger partial charge in [-0.25, -0.2) is 0 Å². The first kappa shape index (κ1) is 30.0. The molecule has 0 saturated heterocycles. The summed E-state index contributed by atoms with van der Waals surface area (Å²) in [7, 11) is 0. The number of carbonyl (C=O) groups is 2. The number of hydrogen-bond acceptors (Lipinski definition) is 6. The molecule has 2 rings (SSSR count). The number of rotatable bonds is 13. The lowest BCUT2D eigenvalue weighted by molar-refractivity contribution is -0.118. The summed E-state index contributed by atoms with van der Waals surface area (Å²) in [5, 5.41) is 21.1. The summed E-state index contributed by atoms with van der Waals surface area (Å²) in [6.45, 7) is 13.5. The number of ketones is 2. The molecule has 202 valence electrons. The molecule has 0 amide bonds. The van der Waals surface area contributed by atoms with Crippen LogP contribution in [0.1, 0.15) is 119 Å². The Morgan fingerprint density at radius 3 is 1.33 bits per heavy atom. The van der Waals surface area contributed by atoms with Crippen molar-refractivity contribution in [2.75, 3.05) is 13.1 Å². The minimum Gasteiger partial charge on any atom is -0.511 e. The number of aliphatic hydroxyl groups excluding tert-OH is 2. The van der Waals surface area contributed by atoms with Crippen LogP contribution in [-0.2, 0) is 9.59 Å². The first-order valence-electron chi connectivity index (χ1n) is 13.9. The molecule has 6 nitrogen and oxygen atoms in total. The fourth-order valence-electron chi connectivity index (χ4n) is 5.28. The molecular formula is C30H48N2O4. The molecule has 0 heterocycles. The van der Waals surface area contributed by atoms with Gasteiger partial charge in [0, 0.05) is 50.2 Å². The molecule has 0 atom stereocenters. The van der Waals surface area contributed by atoms with Gasteiger partial charge in [-0.3, -0.25) is 19.6 Å². The van der Waals surface area contributed by atoms with E-state index in [-0.39, 0.29) is 33.9 Å². The van der Waals surface area contributed by atoms with Gasteiger partial charge < -0.3 is 10.2 Å². The van der Waals surface area contributed by atoms with Crippen molar-refractivity contribution in [1.29, 1.82) is 0 Å². The predicted molar refractivity (Wildman–Crippen MR) is 148 cm³/mol. The van der Waals surface area contributed by atoms with Crippen LogP contribution in [0.5, 0.6) is 0 Å². The normalized spacial score (nSPS) is 20.9. The second kappa shape index (κ2) is 13.3. The number of Topliss-reactive ketones (excluding diaryl/α,β-unsaturated/α-hetero) is 2. The van der Waals surface area contributed by atoms with E-state index in [2.05, 4.69) is 13.8 Å². The molecule has 2 N–H and O–H groups in total. The van der Waals surface area contributed by atoms with E-state index in [1.165, 1.54) is 0 Å². The Hall–Kier alpha value is -2.24. The van der Waals surface area contributed by atoms with Crippen molar-refractivity contribution in [1.82, 2.24) is 0 Å². The van der Waals surface area contributed by atoms with E-state index < -0.39 is 0 Å². The minimum atomic E-state index is -0.197. The fourth-order valence-corrected chi connectivity index (χ4v) is 5.28. The van der Waals surface area contributed by atoms with Crippen molar-refractivity contribution < 1.29 is 19.8 Å². The van der Waals surface area contributed by atoms with Crippen molar-refractivity contribution in [3.63, 3.8) is 0 Å². The van der Waals surface area contributed by atoms with Crippen molar-refractivity contribution in [3.05, 3.63) is 22.7 Å². The van der Waals surface area contributed by atoms with Crippen molar-refractivity contribution in [3.8, 4) is 0 Å². The minimum absolute atomic E-state index is 0.0119. The maximum Gasteiger partial charge on any atom is 0.168 e. The molecule has 2 aliphatic rings. The van der Waals surface area contributed by atoms with Crippen LogP contribution >= 0.6 is 0 Å². The van der Waals surface area contributed by atoms with Gasteiger partial charge in [0.2, 0.25) is 0 Å². The van der Waals surface area contributed by atoms with E-state index in [1.54, 1.807) is 0 Å². The molecule has 36 heavy (non-hydrogen) atoms. The zero-order chi connectivity index (χ0) is 26.9. The maximum atomic E-state index is 12.7. The second-order valence-corrected chi connectivity index (χ2v) is 12.1. The molecule has 0 aromatic carbocycles. The van der Waals surface area contributed by atoms with Crippen LogP contribution in [0.4, 0.5) is 0 Å². The lowest BCUT2D eigenvalue weighted by atomic mass is 9.75. The number of hydrogen-bond donors (Lipinski definition) is 2. The van der Waals surface area contributed by atoms with E-state index >= 15 is 0 Å². The van der Waals surface area contributed by atoms with Crippen LogP contribution in [0.25, 0.3) is 0 Å². The van der Waals surface area contributed by atoms with Crippen LogP contribution < -0.4 is 0 Å². The van der Waals surface area contributed by atoms with Gasteiger partial charge in [0.15, 0.2) is 11.6 Å². The zero-order valence-corrected chi connectivity index (χ0v) is 23.5. The second-order valence-electron chi connectivity index (χ2n) is 12.1. The average molecular weight is 501 g/mol. The molecule has 0 bridgehead atoms. The van der Waals surface area contributed by atoms with E-state index in [1.807, 2.05) is 27.7 Å². The highest BCUT2D eigenvalue weighted by Gasteiger charge is 2.35. The lowest BCUT2D eigenvalue weighted by Crippen LogP contribution is -2.29. The highest BCUT2D eigenvalue weighted by Crippen LogP contribution is 2.37. The van der Waals surface area contributed by atoms with Gasteiger partial charge in [-0.1, -0.05) is 67.2 Å². The SMILES string of the molecule is CCCC(=NCCCCCCN=C(CCC)C1=C(O)CC(C)(C)CC1=O)C1=C(O)CC(C)(C)CC1=O. The first-order chi connectivity index (χ1) is 16.9. The first-order valence-corrected chi connectivity index (χ1v) is 13.9. The standard InChI is InChI=1S/C30H48N2O4/c1-7-13-21(27-23(33)17-29(3,4)18-24(27)34)31-15-11-9-10-12-16-32-22(14-8-2)28-25(35)19-30(5,6)20-26(28)36/h33,35H,7-20H2,1-6H3. The molecule has 0 aromatic heterocycles. The molecular weight excluding hydrogens is 452 g/mol. The van der Waals surface area contributed by atoms with Gasteiger partial charge in [0.05, 0.1) is 11.1 Å². The number of nitrogens with zero attached hydrogens (tertiary/aromatic N) is 2. The summed E-state index contributed by atoms with van der Waals surface area (Å²) in [6.07, 6.45) is 9.00. The van der Waals surface area contributed by atoms with Gasteiger partial charge in [-0.05, 0) is 36.5 Å². The van der Waals surface area contributed by atoms with Gasteiger partial charge in [0.25, 0.3) is 0 Å². The zero-order valence-electron chi connectivity index (χ0n) is 23.5. The van der Waals surface area contributed by atoms with E-state index in [0.29, 0.717) is 62.8 Å². The average Bonchev–Trinajstić information content (AvgIpc) is 2.72. The number of aliphatic imine (C=N–C) groups is 2. The van der Waals surface area contributed by atoms with Crippen molar-refractivity contribution in [2.24, 2.45) is 20.8 Å². The quantitative estimate of drug-likeness (QED) is 0.203. The summed E-state index contributed by atoms with van der Waals surface area (Å²) >= 11 is 0. The number of allylic oxidation sites excluding steroid dienone is 4. The lowest BCUT2D eigenvalue weighted by Gasteiger charge is -2.30. The molecule has 0 aliphatic heterocycles. The smallest absolute Gasteiger partial charge is 0.168 e. The van der Waals surface area contributed by atoms with Crippen molar-refractivity contribution >= 4 is 23.0 Å². The van der Waals surface area contributed by atoms with Gasteiger partial charge in [-0.2, -0.15) is 0 Å². The fraction of sp³-hybridized carbons (Fsp3) is 0.733. The Bertz CT molecular complexity index is 859. The van der Waals surface area contributed by atoms with E-state index in [0.717, 1.165) is 49.9 Å². The monoisotopic (exact) mass is 500 g/mol. The Morgan fingerprint density at radius 2 is 1.03 bits per heavy atom. The van der Waals surface area contributed by atoms with Crippen LogP contribution in [0.3, 0.4) is 0 Å². The van der Waals surface area contributed by atoms with Crippen LogP contribution in [0.2, 0.25) is 0 Å². The third kappa shape index (κ3) is 8.70. The summed E-state index contributed by atoms with van der Waals surface area (Å²) in [6, 6.07) is 0. The third-order valence-corrected chi connectivity index (χ3v) is 6.93. The molecule has 0 fully saturated rings. The Balaban J connectivity index is 1.88. The predicted octanol–water partition coefficient (Wildman–Crippen LogP) is 7.43. The summed E-state index contributed by atoms with van der Waals surface area (Å²) < 4.78 is 0. The molecule has 0 radical (unpaired) electrons. The molecule has 0 aromatic rings. The number of carbonyl (C=O) groups excluding carboxylic acids is 2. The van der Waals surface area contributed by atoms with Crippen molar-refractivity contribution in [2.45, 2.75) is 119 Å². The Morgan fingerprint density at radius 1 is 0.667 bits per heavy atom. The number of aliphatic hydroxyl groups is 2. The Labute approximate surface area is 218 Å². The molecule has 0 saturated carbocycles. The van der Waals surface area contributed by atoms with Crippen LogP contribution in [0.15, 0.2) is 32.6 Å². The van der Waals surface area contributed by atoms with Gasteiger partial charge in [0.1, 0.15) is 11.5 Å². The third-order valence-electron chi connectivity index (χ3n) is 6.93. The highest BCUT2D eigenvalue weighted by molar-refractivity contribution is 6.24. The van der Waals surface area contributed by atoms with Gasteiger partial charge >= 0.3 is 0 Å². The number of unbranched alkanes of at least 4 members (excludes halogenated alkanes) is 3. The topological polar surface area (TPSA) is 99.3 Å². The highest BCUT2D eigenvalue weighted by atomic mass is 16.3. The molecule has 2 aliphatic carbocycles. The molecule has 0 spiro atoms. The summed E-state index contributed by atoms with van der Waals surface area (Å²) in [5.41, 5.74) is 2.06. The van der Waals surface area contributed by atoms with Crippen LogP contribution in [-0.4, -0.2) is 46.3 Å². The summed E-state index contributed by atoms with van der Waals surface area (Å²) in [5.74, 6) is 0.423. The molecule has 0 unspecified atom stereocenters. The summed E-state index contributed by atoms with van der Waals surface area (Å²) in [4.78, 5) is 34.8.